The van der Waals surface area contributed by atoms with Crippen LogP contribution in [0.25, 0.3) is 27.4 Å². The molecule has 2 aromatic heterocycles. The number of hydrogen-bond acceptors (Lipinski definition) is 3. The second-order valence-electron chi connectivity index (χ2n) is 6.72. The number of nitriles is 1. The second-order valence-corrected chi connectivity index (χ2v) is 6.72. The van der Waals surface area contributed by atoms with Crippen LogP contribution in [-0.2, 0) is 33.9 Å². The molecule has 4 aromatic rings. The van der Waals surface area contributed by atoms with Crippen molar-refractivity contribution in [1.29, 1.82) is 5.26 Å². The van der Waals surface area contributed by atoms with Crippen LogP contribution in [0.4, 0.5) is 5.69 Å². The molecule has 0 saturated carbocycles. The van der Waals surface area contributed by atoms with Crippen molar-refractivity contribution in [2.24, 2.45) is 0 Å². The molecule has 2 aromatic carbocycles. The van der Waals surface area contributed by atoms with Crippen LogP contribution in [0.2, 0.25) is 0 Å². The van der Waals surface area contributed by atoms with Gasteiger partial charge in [-0.2, -0.15) is 5.26 Å². The van der Waals surface area contributed by atoms with Crippen molar-refractivity contribution in [2.45, 2.75) is 12.8 Å². The van der Waals surface area contributed by atoms with Gasteiger partial charge in [-0.05, 0) is 41.9 Å². The number of pyridine rings is 2. The summed E-state index contributed by atoms with van der Waals surface area (Å²) in [5, 5.41) is 9.14. The molecule has 0 aliphatic rings. The average molecular weight is 580 g/mol. The zero-order chi connectivity index (χ0) is 20.8. The molecule has 0 unspecified atom stereocenters. The molecule has 0 aliphatic heterocycles. The van der Waals surface area contributed by atoms with Gasteiger partial charge in [0.05, 0.1) is 12.6 Å². The third kappa shape index (κ3) is 5.52. The van der Waals surface area contributed by atoms with Gasteiger partial charge in [0, 0.05) is 11.9 Å². The van der Waals surface area contributed by atoms with Gasteiger partial charge in [-0.3, -0.25) is 9.83 Å². The summed E-state index contributed by atoms with van der Waals surface area (Å²) in [7, 11) is 0. The van der Waals surface area contributed by atoms with Crippen LogP contribution in [0.3, 0.4) is 0 Å². The second kappa shape index (κ2) is 10.4. The van der Waals surface area contributed by atoms with E-state index in [1.54, 1.807) is 30.5 Å². The molecular weight excluding hydrogens is 563 g/mol. The van der Waals surface area contributed by atoms with E-state index in [1.165, 1.54) is 0 Å². The molecule has 0 fully saturated rings. The summed E-state index contributed by atoms with van der Waals surface area (Å²) in [6.07, 6.45) is 3.31. The molecule has 0 N–H and O–H groups in total. The van der Waals surface area contributed by atoms with Crippen molar-refractivity contribution in [3.05, 3.63) is 113 Å². The van der Waals surface area contributed by atoms with E-state index in [-0.39, 0.29) is 21.1 Å². The maximum absolute atomic E-state index is 9.14. The Kier molecular flexibility index (Phi) is 7.44. The third-order valence-electron chi connectivity index (χ3n) is 4.65. The topological polar surface area (TPSA) is 53.9 Å². The van der Waals surface area contributed by atoms with E-state index in [4.69, 9.17) is 16.8 Å². The first-order chi connectivity index (χ1) is 14.7. The molecule has 150 valence electrons. The summed E-state index contributed by atoms with van der Waals surface area (Å²) in [6.45, 7) is 7.46. The van der Waals surface area contributed by atoms with Crippen LogP contribution in [0.15, 0.2) is 72.9 Å². The summed E-state index contributed by atoms with van der Waals surface area (Å²) >= 11 is 0. The van der Waals surface area contributed by atoms with E-state index in [0.717, 1.165) is 46.6 Å². The van der Waals surface area contributed by atoms with Gasteiger partial charge in [0.1, 0.15) is 5.69 Å². The van der Waals surface area contributed by atoms with Crippen LogP contribution in [-0.4, -0.2) is 9.97 Å². The summed E-state index contributed by atoms with van der Waals surface area (Å²) in [4.78, 5) is 12.7. The first kappa shape index (κ1) is 22.1. The molecule has 0 radical (unpaired) electrons. The normalized spacial score (nSPS) is 9.87. The molecule has 0 amide bonds. The molecule has 4 nitrogen and oxygen atoms in total. The van der Waals surface area contributed by atoms with Crippen molar-refractivity contribution < 1.29 is 21.1 Å². The average Bonchev–Trinajstić information content (AvgIpc) is 2.83. The number of nitrogens with zero attached hydrogens (tertiary/aromatic N) is 4. The Morgan fingerprint density at radius 2 is 1.81 bits per heavy atom. The van der Waals surface area contributed by atoms with E-state index in [1.807, 2.05) is 42.5 Å². The fraction of sp³-hybridized carbons (Fsp3) is 0.0769. The third-order valence-corrected chi connectivity index (χ3v) is 4.65. The van der Waals surface area contributed by atoms with E-state index in [2.05, 4.69) is 28.0 Å². The van der Waals surface area contributed by atoms with Crippen LogP contribution in [0, 0.1) is 30.0 Å². The van der Waals surface area contributed by atoms with Gasteiger partial charge in [0.25, 0.3) is 0 Å². The SMILES string of the molecule is [C-]#[N+]c1cc(CCc2ccccn2)[c-]c(-c2cccc(-c3[c-]ccc(C#N)c3)n2)c1.[Pt+2]. The minimum Gasteiger partial charge on any atom is -0.345 e. The van der Waals surface area contributed by atoms with Crippen molar-refractivity contribution in [2.75, 3.05) is 0 Å². The van der Waals surface area contributed by atoms with E-state index in [9.17, 15) is 0 Å². The Balaban J connectivity index is 0.00000272. The molecule has 0 aliphatic carbocycles. The van der Waals surface area contributed by atoms with Gasteiger partial charge < -0.3 is 4.98 Å². The largest absolute Gasteiger partial charge is 2.00 e. The molecule has 2 heterocycles. The molecule has 0 spiro atoms. The molecule has 0 bridgehead atoms. The van der Waals surface area contributed by atoms with Gasteiger partial charge in [0.15, 0.2) is 0 Å². The summed E-state index contributed by atoms with van der Waals surface area (Å²) in [5.41, 5.74) is 6.07. The van der Waals surface area contributed by atoms with E-state index >= 15 is 0 Å². The van der Waals surface area contributed by atoms with Crippen molar-refractivity contribution in [3.63, 3.8) is 0 Å². The maximum atomic E-state index is 9.14. The van der Waals surface area contributed by atoms with E-state index in [0.29, 0.717) is 11.3 Å². The fourth-order valence-corrected chi connectivity index (χ4v) is 3.18. The van der Waals surface area contributed by atoms with Crippen molar-refractivity contribution in [3.8, 4) is 28.6 Å². The number of hydrogen-bond donors (Lipinski definition) is 0. The Morgan fingerprint density at radius 3 is 2.55 bits per heavy atom. The predicted molar refractivity (Wildman–Crippen MR) is 115 cm³/mol. The molecule has 0 atom stereocenters. The number of benzene rings is 2. The molecular formula is C26H16N4Pt. The minimum atomic E-state index is 0. The Labute approximate surface area is 196 Å². The standard InChI is InChI=1S/C26H16N4.Pt/c1-28-24-16-19(11-12-23-8-2-3-13-29-23)14-22(17-24)26-10-5-9-25(30-26)21-7-4-6-20(15-21)18-27;/h2-6,8-10,13,15-17H,11-12H2;/q-2;+2. The van der Waals surface area contributed by atoms with E-state index < -0.39 is 0 Å². The van der Waals surface area contributed by atoms with Gasteiger partial charge in [-0.25, -0.2) is 0 Å². The zero-order valence-electron chi connectivity index (χ0n) is 16.4. The number of aromatic nitrogens is 2. The summed E-state index contributed by atoms with van der Waals surface area (Å²) in [6, 6.07) is 29.1. The minimum absolute atomic E-state index is 0. The number of rotatable bonds is 5. The molecule has 5 heteroatoms. The van der Waals surface area contributed by atoms with Gasteiger partial charge >= 0.3 is 21.1 Å². The van der Waals surface area contributed by atoms with Crippen molar-refractivity contribution in [1.82, 2.24) is 9.97 Å². The van der Waals surface area contributed by atoms with Crippen molar-refractivity contribution >= 4 is 5.69 Å². The van der Waals surface area contributed by atoms with Crippen LogP contribution < -0.4 is 0 Å². The van der Waals surface area contributed by atoms with Crippen LogP contribution >= 0.6 is 0 Å². The first-order valence-electron chi connectivity index (χ1n) is 9.48. The number of aryl methyl sites for hydroxylation is 2. The van der Waals surface area contributed by atoms with Crippen LogP contribution in [0.1, 0.15) is 16.8 Å². The van der Waals surface area contributed by atoms with Gasteiger partial charge in [-0.1, -0.05) is 24.3 Å². The fourth-order valence-electron chi connectivity index (χ4n) is 3.18. The van der Waals surface area contributed by atoms with Crippen LogP contribution in [0.5, 0.6) is 0 Å². The Bertz CT molecular complexity index is 1270. The molecule has 4 rings (SSSR count). The summed E-state index contributed by atoms with van der Waals surface area (Å²) in [5.74, 6) is 0. The maximum Gasteiger partial charge on any atom is 2.00 e. The van der Waals surface area contributed by atoms with Gasteiger partial charge in [-0.15, -0.1) is 59.2 Å². The Morgan fingerprint density at radius 1 is 0.968 bits per heavy atom. The first-order valence-corrected chi connectivity index (χ1v) is 9.48. The monoisotopic (exact) mass is 579 g/mol. The Hall–Kier alpha value is -3.59. The molecule has 31 heavy (non-hydrogen) atoms. The predicted octanol–water partition coefficient (Wildman–Crippen LogP) is 5.62. The van der Waals surface area contributed by atoms with Gasteiger partial charge in [0.2, 0.25) is 0 Å². The zero-order valence-corrected chi connectivity index (χ0v) is 18.7. The quantitative estimate of drug-likeness (QED) is 0.289. The summed E-state index contributed by atoms with van der Waals surface area (Å²) < 4.78 is 0. The molecule has 0 saturated heterocycles. The smallest absolute Gasteiger partial charge is 0.345 e.